The number of nitrogen functional groups attached to an aromatic ring is 1. The molecule has 0 saturated carbocycles. The molecule has 1 aliphatic heterocycles. The highest BCUT2D eigenvalue weighted by Gasteiger charge is 2.21. The minimum Gasteiger partial charge on any atom is -0.481 e. The van der Waals surface area contributed by atoms with Crippen LogP contribution in [0.5, 0.6) is 5.75 Å². The van der Waals surface area contributed by atoms with Gasteiger partial charge >= 0.3 is 0 Å². The van der Waals surface area contributed by atoms with Gasteiger partial charge in [0.05, 0.1) is 0 Å². The van der Waals surface area contributed by atoms with Crippen LogP contribution in [0.4, 0.5) is 25.8 Å². The number of nitrogens with zero attached hydrogens (tertiary/aromatic N) is 1. The standard InChI is InChI=1S/C15H13F2N3O/c1-8-15(19-10-3-4-11(16)12(17)7-10)20-13-6-9(18)2-5-14(13)21-8/h2-8H,18H2,1H3,(H,19,20). The van der Waals surface area contributed by atoms with Gasteiger partial charge in [0, 0.05) is 17.4 Å². The summed E-state index contributed by atoms with van der Waals surface area (Å²) in [6.45, 7) is 1.81. The SMILES string of the molecule is CC1Oc2ccc(N)cc2N=C1Nc1ccc(F)c(F)c1. The van der Waals surface area contributed by atoms with Crippen LogP contribution < -0.4 is 15.8 Å². The first-order valence-electron chi connectivity index (χ1n) is 6.40. The van der Waals surface area contributed by atoms with Crippen LogP contribution in [0.3, 0.4) is 0 Å². The molecule has 1 heterocycles. The van der Waals surface area contributed by atoms with E-state index >= 15 is 0 Å². The predicted octanol–water partition coefficient (Wildman–Crippen LogP) is 3.47. The van der Waals surface area contributed by atoms with Crippen molar-refractivity contribution in [3.63, 3.8) is 0 Å². The number of amidine groups is 1. The van der Waals surface area contributed by atoms with Crippen molar-refractivity contribution >= 4 is 22.9 Å². The average Bonchev–Trinajstić information content (AvgIpc) is 2.44. The summed E-state index contributed by atoms with van der Waals surface area (Å²) in [6.07, 6.45) is -0.339. The summed E-state index contributed by atoms with van der Waals surface area (Å²) < 4.78 is 31.9. The Bertz CT molecular complexity index is 731. The fraction of sp³-hybridized carbons (Fsp3) is 0.133. The van der Waals surface area contributed by atoms with Gasteiger partial charge in [-0.3, -0.25) is 0 Å². The van der Waals surface area contributed by atoms with Gasteiger partial charge in [0.15, 0.2) is 17.7 Å². The van der Waals surface area contributed by atoms with E-state index < -0.39 is 11.6 Å². The van der Waals surface area contributed by atoms with Gasteiger partial charge in [-0.05, 0) is 37.3 Å². The van der Waals surface area contributed by atoms with Gasteiger partial charge in [-0.1, -0.05) is 0 Å². The van der Waals surface area contributed by atoms with Crippen LogP contribution in [-0.4, -0.2) is 11.9 Å². The molecule has 0 amide bonds. The number of aliphatic imine (C=N–C) groups is 1. The molecule has 3 rings (SSSR count). The first kappa shape index (κ1) is 13.4. The van der Waals surface area contributed by atoms with E-state index in [0.29, 0.717) is 28.6 Å². The van der Waals surface area contributed by atoms with E-state index in [9.17, 15) is 8.78 Å². The summed E-state index contributed by atoms with van der Waals surface area (Å²) in [4.78, 5) is 4.42. The molecule has 1 atom stereocenters. The highest BCUT2D eigenvalue weighted by atomic mass is 19.2. The van der Waals surface area contributed by atoms with Crippen molar-refractivity contribution in [1.29, 1.82) is 0 Å². The van der Waals surface area contributed by atoms with E-state index in [4.69, 9.17) is 10.5 Å². The zero-order valence-corrected chi connectivity index (χ0v) is 11.2. The molecule has 0 aliphatic carbocycles. The number of fused-ring (bicyclic) bond motifs is 1. The number of hydrogen-bond acceptors (Lipinski definition) is 4. The Morgan fingerprint density at radius 3 is 2.71 bits per heavy atom. The quantitative estimate of drug-likeness (QED) is 0.790. The monoisotopic (exact) mass is 289 g/mol. The van der Waals surface area contributed by atoms with Crippen LogP contribution in [0.1, 0.15) is 6.92 Å². The Morgan fingerprint density at radius 1 is 1.14 bits per heavy atom. The molecule has 0 aromatic heterocycles. The van der Waals surface area contributed by atoms with E-state index in [1.165, 1.54) is 6.07 Å². The first-order valence-corrected chi connectivity index (χ1v) is 6.40. The van der Waals surface area contributed by atoms with Gasteiger partial charge in [-0.25, -0.2) is 13.8 Å². The molecule has 0 radical (unpaired) electrons. The van der Waals surface area contributed by atoms with Crippen LogP contribution in [0.25, 0.3) is 0 Å². The molecule has 6 heteroatoms. The lowest BCUT2D eigenvalue weighted by Gasteiger charge is -2.24. The lowest BCUT2D eigenvalue weighted by molar-refractivity contribution is 0.283. The molecule has 1 unspecified atom stereocenters. The lowest BCUT2D eigenvalue weighted by atomic mass is 10.2. The Labute approximate surface area is 120 Å². The molecule has 21 heavy (non-hydrogen) atoms. The van der Waals surface area contributed by atoms with Crippen molar-refractivity contribution in [2.75, 3.05) is 11.1 Å². The maximum atomic E-state index is 13.2. The van der Waals surface area contributed by atoms with Crippen LogP contribution >= 0.6 is 0 Å². The second-order valence-corrected chi connectivity index (χ2v) is 4.74. The van der Waals surface area contributed by atoms with Crippen LogP contribution in [-0.2, 0) is 0 Å². The number of nitrogens with two attached hydrogens (primary N) is 1. The molecule has 2 aromatic rings. The molecular weight excluding hydrogens is 276 g/mol. The van der Waals surface area contributed by atoms with Crippen molar-refractivity contribution in [1.82, 2.24) is 0 Å². The first-order chi connectivity index (χ1) is 10.0. The van der Waals surface area contributed by atoms with Crippen molar-refractivity contribution in [2.24, 2.45) is 4.99 Å². The van der Waals surface area contributed by atoms with Gasteiger partial charge in [0.1, 0.15) is 17.3 Å². The highest BCUT2D eigenvalue weighted by molar-refractivity contribution is 6.01. The molecule has 0 saturated heterocycles. The largest absolute Gasteiger partial charge is 0.481 e. The Balaban J connectivity index is 1.92. The summed E-state index contributed by atoms with van der Waals surface area (Å²) in [6, 6.07) is 8.72. The number of ether oxygens (including phenoxy) is 1. The van der Waals surface area contributed by atoms with E-state index in [2.05, 4.69) is 10.3 Å². The fourth-order valence-corrected chi connectivity index (χ4v) is 2.04. The molecule has 108 valence electrons. The third-order valence-corrected chi connectivity index (χ3v) is 3.10. The second kappa shape index (κ2) is 5.05. The smallest absolute Gasteiger partial charge is 0.160 e. The molecule has 0 fully saturated rings. The third kappa shape index (κ3) is 2.65. The van der Waals surface area contributed by atoms with Crippen LogP contribution in [0.15, 0.2) is 41.4 Å². The molecule has 1 aliphatic rings. The Hall–Kier alpha value is -2.63. The normalized spacial score (nSPS) is 16.7. The molecule has 3 N–H and O–H groups in total. The number of hydrogen-bond donors (Lipinski definition) is 2. The van der Waals surface area contributed by atoms with Crippen molar-refractivity contribution in [3.05, 3.63) is 48.0 Å². The Morgan fingerprint density at radius 2 is 1.95 bits per heavy atom. The summed E-state index contributed by atoms with van der Waals surface area (Å²) >= 11 is 0. The minimum atomic E-state index is -0.922. The lowest BCUT2D eigenvalue weighted by Crippen LogP contribution is -2.32. The highest BCUT2D eigenvalue weighted by Crippen LogP contribution is 2.34. The maximum Gasteiger partial charge on any atom is 0.160 e. The predicted molar refractivity (Wildman–Crippen MR) is 78.0 cm³/mol. The fourth-order valence-electron chi connectivity index (χ4n) is 2.04. The second-order valence-electron chi connectivity index (χ2n) is 4.74. The topological polar surface area (TPSA) is 59.6 Å². The molecule has 2 aromatic carbocycles. The average molecular weight is 289 g/mol. The zero-order chi connectivity index (χ0) is 15.0. The van der Waals surface area contributed by atoms with E-state index in [0.717, 1.165) is 12.1 Å². The number of nitrogens with one attached hydrogen (secondary N) is 1. The van der Waals surface area contributed by atoms with Gasteiger partial charge in [0.25, 0.3) is 0 Å². The third-order valence-electron chi connectivity index (χ3n) is 3.10. The van der Waals surface area contributed by atoms with E-state index in [-0.39, 0.29) is 6.10 Å². The molecule has 0 spiro atoms. The number of rotatable bonds is 1. The van der Waals surface area contributed by atoms with E-state index in [1.54, 1.807) is 18.2 Å². The van der Waals surface area contributed by atoms with E-state index in [1.807, 2.05) is 6.92 Å². The zero-order valence-electron chi connectivity index (χ0n) is 11.2. The van der Waals surface area contributed by atoms with Crippen LogP contribution in [0, 0.1) is 11.6 Å². The van der Waals surface area contributed by atoms with Gasteiger partial charge in [-0.2, -0.15) is 0 Å². The van der Waals surface area contributed by atoms with Crippen molar-refractivity contribution < 1.29 is 13.5 Å². The maximum absolute atomic E-state index is 13.2. The minimum absolute atomic E-state index is 0.339. The summed E-state index contributed by atoms with van der Waals surface area (Å²) in [7, 11) is 0. The number of benzene rings is 2. The molecular formula is C15H13F2N3O. The Kier molecular flexibility index (Phi) is 3.21. The molecule has 4 nitrogen and oxygen atoms in total. The van der Waals surface area contributed by atoms with Crippen molar-refractivity contribution in [2.45, 2.75) is 13.0 Å². The number of halogens is 2. The number of anilines is 2. The van der Waals surface area contributed by atoms with Gasteiger partial charge in [-0.15, -0.1) is 0 Å². The summed E-state index contributed by atoms with van der Waals surface area (Å²) in [5, 5.41) is 2.94. The van der Waals surface area contributed by atoms with Gasteiger partial charge < -0.3 is 15.8 Å². The van der Waals surface area contributed by atoms with Gasteiger partial charge in [0.2, 0.25) is 0 Å². The molecule has 0 bridgehead atoms. The van der Waals surface area contributed by atoms with Crippen LogP contribution in [0.2, 0.25) is 0 Å². The summed E-state index contributed by atoms with van der Waals surface area (Å²) in [5.41, 5.74) is 7.28. The summed E-state index contributed by atoms with van der Waals surface area (Å²) in [5.74, 6) is -0.685. The van der Waals surface area contributed by atoms with Crippen molar-refractivity contribution in [3.8, 4) is 5.75 Å².